The van der Waals surface area contributed by atoms with E-state index in [4.69, 9.17) is 10.2 Å². The summed E-state index contributed by atoms with van der Waals surface area (Å²) in [6.45, 7) is 6.96. The molecule has 0 amide bonds. The van der Waals surface area contributed by atoms with Gasteiger partial charge in [0.25, 0.3) is 0 Å². The lowest BCUT2D eigenvalue weighted by molar-refractivity contribution is -0.132. The van der Waals surface area contributed by atoms with Gasteiger partial charge in [0.2, 0.25) is 0 Å². The standard InChI is InChI=1S/C5H8O2.C2H6O/c1-3-4(2)5(6)7;1-2-3/h2-3H2,1H3,(H,6,7);3H,2H2,1H3. The zero-order valence-corrected chi connectivity index (χ0v) is 6.42. The van der Waals surface area contributed by atoms with Crippen LogP contribution >= 0.6 is 0 Å². The zero-order valence-electron chi connectivity index (χ0n) is 6.42. The Bertz CT molecular complexity index is 107. The Labute approximate surface area is 61.0 Å². The Morgan fingerprint density at radius 1 is 1.50 bits per heavy atom. The first-order valence-corrected chi connectivity index (χ1v) is 3.12. The van der Waals surface area contributed by atoms with Crippen molar-refractivity contribution in [2.24, 2.45) is 0 Å². The summed E-state index contributed by atoms with van der Waals surface area (Å²) in [5.41, 5.74) is 0.264. The van der Waals surface area contributed by atoms with Crippen molar-refractivity contribution in [1.29, 1.82) is 0 Å². The minimum atomic E-state index is -0.900. The molecule has 0 atom stereocenters. The molecule has 0 spiro atoms. The molecular weight excluding hydrogens is 132 g/mol. The molecule has 60 valence electrons. The lowest BCUT2D eigenvalue weighted by Gasteiger charge is -1.87. The van der Waals surface area contributed by atoms with Gasteiger partial charge in [-0.25, -0.2) is 4.79 Å². The molecule has 2 N–H and O–H groups in total. The number of carbonyl (C=O) groups is 1. The number of aliphatic hydroxyl groups is 1. The molecule has 0 fully saturated rings. The Morgan fingerprint density at radius 2 is 1.80 bits per heavy atom. The number of rotatable bonds is 2. The van der Waals surface area contributed by atoms with Crippen molar-refractivity contribution in [2.75, 3.05) is 6.61 Å². The molecule has 0 saturated heterocycles. The van der Waals surface area contributed by atoms with E-state index in [0.29, 0.717) is 6.42 Å². The summed E-state index contributed by atoms with van der Waals surface area (Å²) < 4.78 is 0. The van der Waals surface area contributed by atoms with E-state index in [-0.39, 0.29) is 12.2 Å². The van der Waals surface area contributed by atoms with Gasteiger partial charge in [0.05, 0.1) is 0 Å². The van der Waals surface area contributed by atoms with Crippen molar-refractivity contribution < 1.29 is 15.0 Å². The van der Waals surface area contributed by atoms with Gasteiger partial charge in [-0.05, 0) is 13.3 Å². The molecule has 0 aliphatic carbocycles. The summed E-state index contributed by atoms with van der Waals surface area (Å²) in [6.07, 6.45) is 0.523. The second-order valence-electron chi connectivity index (χ2n) is 1.58. The smallest absolute Gasteiger partial charge is 0.330 e. The molecule has 0 radical (unpaired) electrons. The monoisotopic (exact) mass is 146 g/mol. The Balaban J connectivity index is 0. The zero-order chi connectivity index (χ0) is 8.57. The summed E-state index contributed by atoms with van der Waals surface area (Å²) in [6, 6.07) is 0. The van der Waals surface area contributed by atoms with E-state index in [1.807, 2.05) is 0 Å². The molecule has 0 aromatic rings. The van der Waals surface area contributed by atoms with Crippen LogP contribution in [0.3, 0.4) is 0 Å². The van der Waals surface area contributed by atoms with E-state index in [9.17, 15) is 4.79 Å². The minimum Gasteiger partial charge on any atom is -0.478 e. The summed E-state index contributed by atoms with van der Waals surface area (Å²) in [7, 11) is 0. The van der Waals surface area contributed by atoms with E-state index in [2.05, 4.69) is 6.58 Å². The SMILES string of the molecule is C=C(CC)C(=O)O.CCO. The first-order valence-electron chi connectivity index (χ1n) is 3.12. The van der Waals surface area contributed by atoms with Crippen molar-refractivity contribution >= 4 is 5.97 Å². The topological polar surface area (TPSA) is 57.5 Å². The van der Waals surface area contributed by atoms with Crippen LogP contribution in [0, 0.1) is 0 Å². The van der Waals surface area contributed by atoms with Gasteiger partial charge in [0, 0.05) is 12.2 Å². The third-order valence-corrected chi connectivity index (χ3v) is 0.729. The molecule has 0 saturated carbocycles. The van der Waals surface area contributed by atoms with Gasteiger partial charge in [-0.2, -0.15) is 0 Å². The fraction of sp³-hybridized carbons (Fsp3) is 0.571. The first-order chi connectivity index (χ1) is 4.59. The fourth-order valence-electron chi connectivity index (χ4n) is 0.151. The largest absolute Gasteiger partial charge is 0.478 e. The molecule has 3 heteroatoms. The van der Waals surface area contributed by atoms with Crippen molar-refractivity contribution in [1.82, 2.24) is 0 Å². The Kier molecular flexibility index (Phi) is 9.73. The molecule has 10 heavy (non-hydrogen) atoms. The molecule has 0 aliphatic heterocycles. The second kappa shape index (κ2) is 8.17. The number of aliphatic carboxylic acids is 1. The van der Waals surface area contributed by atoms with Crippen molar-refractivity contribution in [3.63, 3.8) is 0 Å². The second-order valence-corrected chi connectivity index (χ2v) is 1.58. The number of carboxylic acid groups (broad SMARTS) is 1. The van der Waals surface area contributed by atoms with E-state index >= 15 is 0 Å². The molecule has 0 aromatic heterocycles. The predicted octanol–water partition coefficient (Wildman–Crippen LogP) is 1.04. The Morgan fingerprint density at radius 3 is 1.80 bits per heavy atom. The molecule has 0 aromatic carbocycles. The van der Waals surface area contributed by atoms with Crippen LogP contribution in [0.2, 0.25) is 0 Å². The average Bonchev–Trinajstić information content (AvgIpc) is 1.88. The van der Waals surface area contributed by atoms with Crippen LogP contribution in [0.15, 0.2) is 12.2 Å². The quantitative estimate of drug-likeness (QED) is 0.572. The van der Waals surface area contributed by atoms with E-state index in [1.165, 1.54) is 0 Å². The number of hydrogen-bond donors (Lipinski definition) is 2. The number of hydrogen-bond acceptors (Lipinski definition) is 2. The average molecular weight is 146 g/mol. The normalized spacial score (nSPS) is 7.50. The first kappa shape index (κ1) is 11.9. The third-order valence-electron chi connectivity index (χ3n) is 0.729. The maximum absolute atomic E-state index is 9.83. The summed E-state index contributed by atoms with van der Waals surface area (Å²) in [4.78, 5) is 9.83. The fourth-order valence-corrected chi connectivity index (χ4v) is 0.151. The molecule has 3 nitrogen and oxygen atoms in total. The van der Waals surface area contributed by atoms with Crippen molar-refractivity contribution in [2.45, 2.75) is 20.3 Å². The Hall–Kier alpha value is -0.830. The van der Waals surface area contributed by atoms with Gasteiger partial charge in [-0.3, -0.25) is 0 Å². The molecule has 0 heterocycles. The molecular formula is C7H14O3. The van der Waals surface area contributed by atoms with Gasteiger partial charge >= 0.3 is 5.97 Å². The highest BCUT2D eigenvalue weighted by atomic mass is 16.4. The summed E-state index contributed by atoms with van der Waals surface area (Å²) in [5.74, 6) is -0.900. The summed E-state index contributed by atoms with van der Waals surface area (Å²) in [5, 5.41) is 15.7. The van der Waals surface area contributed by atoms with E-state index in [1.54, 1.807) is 13.8 Å². The highest BCUT2D eigenvalue weighted by Gasteiger charge is 1.96. The van der Waals surface area contributed by atoms with Crippen LogP contribution in [-0.4, -0.2) is 22.8 Å². The predicted molar refractivity (Wildman–Crippen MR) is 39.8 cm³/mol. The lowest BCUT2D eigenvalue weighted by atomic mass is 10.2. The van der Waals surface area contributed by atoms with Gasteiger partial charge in [-0.15, -0.1) is 0 Å². The lowest BCUT2D eigenvalue weighted by Crippen LogP contribution is -1.95. The van der Waals surface area contributed by atoms with Crippen LogP contribution in [0.25, 0.3) is 0 Å². The van der Waals surface area contributed by atoms with Crippen LogP contribution in [-0.2, 0) is 4.79 Å². The molecule has 0 unspecified atom stereocenters. The van der Waals surface area contributed by atoms with Gasteiger partial charge in [0.1, 0.15) is 0 Å². The minimum absolute atomic E-state index is 0.250. The van der Waals surface area contributed by atoms with Crippen LogP contribution < -0.4 is 0 Å². The van der Waals surface area contributed by atoms with Crippen LogP contribution in [0.4, 0.5) is 0 Å². The maximum Gasteiger partial charge on any atom is 0.330 e. The van der Waals surface area contributed by atoms with E-state index in [0.717, 1.165) is 0 Å². The van der Waals surface area contributed by atoms with E-state index < -0.39 is 5.97 Å². The molecule has 0 aliphatic rings. The number of aliphatic hydroxyl groups excluding tert-OH is 1. The van der Waals surface area contributed by atoms with Gasteiger partial charge in [-0.1, -0.05) is 13.5 Å². The van der Waals surface area contributed by atoms with Crippen molar-refractivity contribution in [3.8, 4) is 0 Å². The van der Waals surface area contributed by atoms with Gasteiger partial charge in [0.15, 0.2) is 0 Å². The maximum atomic E-state index is 9.83. The van der Waals surface area contributed by atoms with Crippen LogP contribution in [0.1, 0.15) is 20.3 Å². The third kappa shape index (κ3) is 10.2. The molecule has 0 rings (SSSR count). The van der Waals surface area contributed by atoms with Crippen molar-refractivity contribution in [3.05, 3.63) is 12.2 Å². The highest BCUT2D eigenvalue weighted by molar-refractivity contribution is 5.85. The summed E-state index contributed by atoms with van der Waals surface area (Å²) >= 11 is 0. The highest BCUT2D eigenvalue weighted by Crippen LogP contribution is 1.93. The van der Waals surface area contributed by atoms with Crippen LogP contribution in [0.5, 0.6) is 0 Å². The number of carboxylic acids is 1. The van der Waals surface area contributed by atoms with Gasteiger partial charge < -0.3 is 10.2 Å². The molecule has 0 bridgehead atoms.